The van der Waals surface area contributed by atoms with Gasteiger partial charge in [-0.05, 0) is 158 Å². The van der Waals surface area contributed by atoms with Crippen molar-refractivity contribution < 1.29 is 8.83 Å². The lowest BCUT2D eigenvalue weighted by molar-refractivity contribution is 0.668. The minimum absolute atomic E-state index is 0.712. The average Bonchev–Trinajstić information content (AvgIpc) is 2.58. The van der Waals surface area contributed by atoms with Crippen LogP contribution in [-0.4, -0.2) is 0 Å². The summed E-state index contributed by atoms with van der Waals surface area (Å²) >= 11 is 0. The molecule has 3 aliphatic carbocycles. The molecule has 3 aliphatic rings. The van der Waals surface area contributed by atoms with Gasteiger partial charge in [-0.3, -0.25) is 0 Å². The first-order valence-corrected chi connectivity index (χ1v) is 27.6. The minimum Gasteiger partial charge on any atom is -0.454 e. The number of rotatable bonds is 6. The zero-order chi connectivity index (χ0) is 52.1. The zero-order valence-corrected chi connectivity index (χ0v) is 43.7. The summed E-state index contributed by atoms with van der Waals surface area (Å²) in [7, 11) is 0. The Morgan fingerprint density at radius 2 is 0.911 bits per heavy atom. The predicted octanol–water partition coefficient (Wildman–Crippen LogP) is 20.8. The Kier molecular flexibility index (Phi) is 9.27. The fourth-order valence-electron chi connectivity index (χ4n) is 14.5. The van der Waals surface area contributed by atoms with Gasteiger partial charge in [0, 0.05) is 44.0 Å². The number of nitrogens with zero attached hydrogens (tertiary/aromatic N) is 2. The van der Waals surface area contributed by atoms with E-state index in [0.29, 0.717) is 0 Å². The van der Waals surface area contributed by atoms with E-state index in [1.807, 2.05) is 0 Å². The molecule has 0 N–H and O–H groups in total. The van der Waals surface area contributed by atoms with Crippen molar-refractivity contribution in [3.8, 4) is 22.3 Å². The topological polar surface area (TPSA) is 32.8 Å². The number of benzene rings is 12. The van der Waals surface area contributed by atoms with Crippen LogP contribution >= 0.6 is 0 Å². The van der Waals surface area contributed by atoms with Gasteiger partial charge >= 0.3 is 0 Å². The Hall–Kier alpha value is -9.90. The SMILES string of the molecule is CC1=C(N(c2ccc3c4c(c5ccccc5c3c2)-c2c(cc(N(c3ccccc3C)c3cccc5c3oc3ccccc35)c3ccccc23)C42c3ccccc3-c3ccccc32)c2cccc3c2oc2ccccc23)CCC=C1. The molecular weight excluding hydrogens is 961 g/mol. The van der Waals surface area contributed by atoms with E-state index >= 15 is 0 Å². The van der Waals surface area contributed by atoms with Crippen molar-refractivity contribution in [1.82, 2.24) is 0 Å². The van der Waals surface area contributed by atoms with Crippen LogP contribution in [0.5, 0.6) is 0 Å². The number of anilines is 5. The van der Waals surface area contributed by atoms with Crippen LogP contribution in [0.3, 0.4) is 0 Å². The molecule has 1 spiro atoms. The maximum atomic E-state index is 6.96. The standard InChI is InChI=1S/C75H50N2O2/c1-45-21-3-15-35-63(45)76(65-37-19-31-57-52-27-11-17-39-68(52)78-73(57)65)47-41-42-56-59(43-47)48-23-5-7-29-54(48)71-70-55-30-8-6-26-51(55)67(44-62(70)75(72(56)71)60-33-13-9-24-49(60)50-25-10-14-34-61(50)75)77(64-36-16-4-22-46(64)2)66-38-20-32-58-53-28-12-18-40-69(53)79-74(58)66/h3-14,16-34,36-44H,15,35H2,1-2H3. The summed E-state index contributed by atoms with van der Waals surface area (Å²) in [4.78, 5) is 4.99. The van der Waals surface area contributed by atoms with Crippen molar-refractivity contribution in [3.63, 3.8) is 0 Å². The van der Waals surface area contributed by atoms with E-state index in [-0.39, 0.29) is 0 Å². The molecule has 0 aliphatic heterocycles. The fourth-order valence-corrected chi connectivity index (χ4v) is 14.5. The van der Waals surface area contributed by atoms with Crippen LogP contribution in [0.25, 0.3) is 98.4 Å². The smallest absolute Gasteiger partial charge is 0.159 e. The van der Waals surface area contributed by atoms with Gasteiger partial charge in [0.05, 0.1) is 22.5 Å². The van der Waals surface area contributed by atoms with Crippen LogP contribution in [0.1, 0.15) is 47.6 Å². The number of fused-ring (bicyclic) bond motifs is 23. The highest BCUT2D eigenvalue weighted by Crippen LogP contribution is 2.68. The lowest BCUT2D eigenvalue weighted by Crippen LogP contribution is -2.27. The third-order valence-electron chi connectivity index (χ3n) is 17.8. The molecule has 0 amide bonds. The van der Waals surface area contributed by atoms with Crippen LogP contribution < -0.4 is 9.80 Å². The van der Waals surface area contributed by atoms with Crippen molar-refractivity contribution >= 4 is 105 Å². The van der Waals surface area contributed by atoms with Crippen molar-refractivity contribution in [2.75, 3.05) is 9.80 Å². The van der Waals surface area contributed by atoms with E-state index in [1.54, 1.807) is 0 Å². The van der Waals surface area contributed by atoms with Crippen LogP contribution in [0.15, 0.2) is 263 Å². The molecular formula is C75H50N2O2. The third-order valence-corrected chi connectivity index (χ3v) is 17.8. The van der Waals surface area contributed by atoms with Gasteiger partial charge in [-0.2, -0.15) is 0 Å². The third kappa shape index (κ3) is 5.98. The van der Waals surface area contributed by atoms with Crippen molar-refractivity contribution in [2.24, 2.45) is 0 Å². The molecule has 0 radical (unpaired) electrons. The number of hydrogen-bond donors (Lipinski definition) is 0. The van der Waals surface area contributed by atoms with Gasteiger partial charge in [0.15, 0.2) is 11.2 Å². The summed E-state index contributed by atoms with van der Waals surface area (Å²) in [5.41, 5.74) is 22.2. The first-order valence-electron chi connectivity index (χ1n) is 27.6. The molecule has 17 rings (SSSR count). The van der Waals surface area contributed by atoms with Gasteiger partial charge in [0.2, 0.25) is 0 Å². The van der Waals surface area contributed by atoms with Crippen molar-refractivity contribution in [2.45, 2.75) is 32.1 Å². The number of hydrogen-bond acceptors (Lipinski definition) is 4. The second-order valence-electron chi connectivity index (χ2n) is 21.8. The first-order chi connectivity index (χ1) is 39.1. The van der Waals surface area contributed by atoms with Crippen molar-refractivity contribution in [3.05, 3.63) is 282 Å². The lowest BCUT2D eigenvalue weighted by atomic mass is 9.69. The zero-order valence-electron chi connectivity index (χ0n) is 43.7. The van der Waals surface area contributed by atoms with Crippen LogP contribution in [0.2, 0.25) is 0 Å². The molecule has 0 atom stereocenters. The van der Waals surface area contributed by atoms with E-state index in [4.69, 9.17) is 8.83 Å². The molecule has 372 valence electrons. The average molecular weight is 1010 g/mol. The molecule has 2 aromatic heterocycles. The normalized spacial score (nSPS) is 14.1. The minimum atomic E-state index is -0.712. The van der Waals surface area contributed by atoms with Crippen LogP contribution in [-0.2, 0) is 5.41 Å². The van der Waals surface area contributed by atoms with Crippen LogP contribution in [0, 0.1) is 6.92 Å². The van der Waals surface area contributed by atoms with E-state index in [2.05, 4.69) is 266 Å². The molecule has 0 bridgehead atoms. The van der Waals surface area contributed by atoms with E-state index in [9.17, 15) is 0 Å². The number of furan rings is 2. The molecule has 4 nitrogen and oxygen atoms in total. The monoisotopic (exact) mass is 1010 g/mol. The Labute approximate surface area is 457 Å². The molecule has 0 unspecified atom stereocenters. The highest BCUT2D eigenvalue weighted by atomic mass is 16.3. The maximum absolute atomic E-state index is 6.96. The quantitative estimate of drug-likeness (QED) is 0.155. The number of allylic oxidation sites excluding steroid dienone is 4. The number of aryl methyl sites for hydroxylation is 1. The van der Waals surface area contributed by atoms with Gasteiger partial charge < -0.3 is 18.6 Å². The second-order valence-corrected chi connectivity index (χ2v) is 21.8. The summed E-state index contributed by atoms with van der Waals surface area (Å²) < 4.78 is 13.8. The van der Waals surface area contributed by atoms with Gasteiger partial charge in [0.1, 0.15) is 11.2 Å². The molecule has 2 heterocycles. The largest absolute Gasteiger partial charge is 0.454 e. The van der Waals surface area contributed by atoms with Gasteiger partial charge in [0.25, 0.3) is 0 Å². The summed E-state index contributed by atoms with van der Waals surface area (Å²) in [5.74, 6) is 0. The summed E-state index contributed by atoms with van der Waals surface area (Å²) in [6.07, 6.45) is 6.47. The predicted molar refractivity (Wildman–Crippen MR) is 329 cm³/mol. The Bertz CT molecular complexity index is 4980. The van der Waals surface area contributed by atoms with E-state index < -0.39 is 5.41 Å². The Morgan fingerprint density at radius 3 is 1.57 bits per heavy atom. The Balaban J connectivity index is 1.01. The first kappa shape index (κ1) is 44.2. The highest BCUT2D eigenvalue weighted by molar-refractivity contribution is 6.25. The van der Waals surface area contributed by atoms with E-state index in [0.717, 1.165) is 85.2 Å². The number of para-hydroxylation sites is 5. The second kappa shape index (κ2) is 16.6. The van der Waals surface area contributed by atoms with Gasteiger partial charge in [-0.1, -0.05) is 194 Å². The van der Waals surface area contributed by atoms with Crippen molar-refractivity contribution in [1.29, 1.82) is 0 Å². The lowest BCUT2D eigenvalue weighted by Gasteiger charge is -2.34. The molecule has 14 aromatic rings. The highest BCUT2D eigenvalue weighted by Gasteiger charge is 2.54. The van der Waals surface area contributed by atoms with Gasteiger partial charge in [-0.25, -0.2) is 0 Å². The molecule has 4 heteroatoms. The maximum Gasteiger partial charge on any atom is 0.159 e. The van der Waals surface area contributed by atoms with E-state index in [1.165, 1.54) is 93.7 Å². The van der Waals surface area contributed by atoms with Gasteiger partial charge in [-0.15, -0.1) is 0 Å². The Morgan fingerprint density at radius 1 is 0.380 bits per heavy atom. The molecule has 12 aromatic carbocycles. The molecule has 79 heavy (non-hydrogen) atoms. The fraction of sp³-hybridized carbons (Fsp3) is 0.0667. The summed E-state index contributed by atoms with van der Waals surface area (Å²) in [6.45, 7) is 4.48. The van der Waals surface area contributed by atoms with Crippen LogP contribution in [0.4, 0.5) is 28.4 Å². The summed E-state index contributed by atoms with van der Waals surface area (Å²) in [6, 6.07) is 85.6. The summed E-state index contributed by atoms with van der Waals surface area (Å²) in [5, 5.41) is 11.7. The molecule has 0 fully saturated rings. The molecule has 0 saturated carbocycles. The molecule has 0 saturated heterocycles.